The van der Waals surface area contributed by atoms with Crippen molar-refractivity contribution in [3.05, 3.63) is 30.1 Å². The van der Waals surface area contributed by atoms with E-state index in [1.807, 2.05) is 18.2 Å². The standard InChI is InChI=1S/C17H23N3O2/c1-2-16-19-14-5-3-4-6-15(14)20(16)9-7-17(21)18-11-13-8-10-22-12-13/h3-6,13H,2,7-12H2,1H3,(H,18,21)/t13-/m1/s1. The topological polar surface area (TPSA) is 56.2 Å². The summed E-state index contributed by atoms with van der Waals surface area (Å²) in [7, 11) is 0. The van der Waals surface area contributed by atoms with Gasteiger partial charge in [-0.3, -0.25) is 4.79 Å². The molecule has 5 nitrogen and oxygen atoms in total. The summed E-state index contributed by atoms with van der Waals surface area (Å²) in [4.78, 5) is 16.7. The van der Waals surface area contributed by atoms with Crippen LogP contribution in [-0.4, -0.2) is 35.2 Å². The predicted octanol–water partition coefficient (Wildman–Crippen LogP) is 2.14. The van der Waals surface area contributed by atoms with Gasteiger partial charge in [0.25, 0.3) is 0 Å². The number of fused-ring (bicyclic) bond motifs is 1. The van der Waals surface area contributed by atoms with Crippen molar-refractivity contribution in [1.29, 1.82) is 0 Å². The molecule has 0 saturated carbocycles. The molecule has 1 aliphatic rings. The Kier molecular flexibility index (Phi) is 4.73. The van der Waals surface area contributed by atoms with Crippen molar-refractivity contribution < 1.29 is 9.53 Å². The average molecular weight is 301 g/mol. The van der Waals surface area contributed by atoms with Gasteiger partial charge in [0.2, 0.25) is 5.91 Å². The van der Waals surface area contributed by atoms with Crippen molar-refractivity contribution in [3.63, 3.8) is 0 Å². The molecule has 0 bridgehead atoms. The number of imidazole rings is 1. The Morgan fingerprint density at radius 2 is 2.32 bits per heavy atom. The minimum atomic E-state index is 0.103. The summed E-state index contributed by atoms with van der Waals surface area (Å²) in [6.07, 6.45) is 2.41. The maximum absolute atomic E-state index is 12.0. The van der Waals surface area contributed by atoms with E-state index in [1.165, 1.54) is 0 Å². The van der Waals surface area contributed by atoms with E-state index in [0.717, 1.165) is 49.5 Å². The Balaban J connectivity index is 1.59. The van der Waals surface area contributed by atoms with E-state index in [2.05, 4.69) is 27.9 Å². The maximum Gasteiger partial charge on any atom is 0.221 e. The van der Waals surface area contributed by atoms with Gasteiger partial charge in [0.15, 0.2) is 0 Å². The molecule has 1 N–H and O–H groups in total. The smallest absolute Gasteiger partial charge is 0.221 e. The van der Waals surface area contributed by atoms with E-state index < -0.39 is 0 Å². The van der Waals surface area contributed by atoms with Gasteiger partial charge in [-0.05, 0) is 18.6 Å². The highest BCUT2D eigenvalue weighted by Crippen LogP contribution is 2.17. The number of para-hydroxylation sites is 2. The van der Waals surface area contributed by atoms with Gasteiger partial charge >= 0.3 is 0 Å². The molecule has 1 aromatic carbocycles. The van der Waals surface area contributed by atoms with Crippen LogP contribution in [-0.2, 0) is 22.5 Å². The molecule has 118 valence electrons. The molecule has 0 unspecified atom stereocenters. The highest BCUT2D eigenvalue weighted by Gasteiger charge is 2.16. The van der Waals surface area contributed by atoms with Crippen LogP contribution < -0.4 is 5.32 Å². The van der Waals surface area contributed by atoms with Gasteiger partial charge in [0.1, 0.15) is 5.82 Å². The van der Waals surface area contributed by atoms with E-state index in [4.69, 9.17) is 4.74 Å². The van der Waals surface area contributed by atoms with Gasteiger partial charge in [0.05, 0.1) is 17.6 Å². The Morgan fingerprint density at radius 3 is 3.09 bits per heavy atom. The number of hydrogen-bond donors (Lipinski definition) is 1. The molecule has 3 rings (SSSR count). The van der Waals surface area contributed by atoms with Gasteiger partial charge < -0.3 is 14.6 Å². The molecule has 0 radical (unpaired) electrons. The summed E-state index contributed by atoms with van der Waals surface area (Å²) in [6, 6.07) is 8.09. The average Bonchev–Trinajstić information content (AvgIpc) is 3.18. The molecule has 22 heavy (non-hydrogen) atoms. The Hall–Kier alpha value is -1.88. The lowest BCUT2D eigenvalue weighted by atomic mass is 10.1. The molecular formula is C17H23N3O2. The Bertz CT molecular complexity index is 644. The summed E-state index contributed by atoms with van der Waals surface area (Å²) in [5.41, 5.74) is 2.11. The van der Waals surface area contributed by atoms with E-state index in [9.17, 15) is 4.79 Å². The van der Waals surface area contributed by atoms with E-state index in [1.54, 1.807) is 0 Å². The fourth-order valence-electron chi connectivity index (χ4n) is 2.95. The van der Waals surface area contributed by atoms with Crippen LogP contribution in [0, 0.1) is 5.92 Å². The number of nitrogens with one attached hydrogen (secondary N) is 1. The molecular weight excluding hydrogens is 278 g/mol. The van der Waals surface area contributed by atoms with Crippen LogP contribution in [0.2, 0.25) is 0 Å². The largest absolute Gasteiger partial charge is 0.381 e. The first-order valence-electron chi connectivity index (χ1n) is 8.06. The molecule has 0 aliphatic carbocycles. The Labute approximate surface area is 130 Å². The second-order valence-corrected chi connectivity index (χ2v) is 5.81. The Morgan fingerprint density at radius 1 is 1.45 bits per heavy atom. The van der Waals surface area contributed by atoms with Crippen molar-refractivity contribution in [2.24, 2.45) is 5.92 Å². The monoisotopic (exact) mass is 301 g/mol. The van der Waals surface area contributed by atoms with Crippen LogP contribution >= 0.6 is 0 Å². The lowest BCUT2D eigenvalue weighted by Gasteiger charge is -2.11. The third-order valence-corrected chi connectivity index (χ3v) is 4.22. The van der Waals surface area contributed by atoms with Crippen LogP contribution in [0.1, 0.15) is 25.6 Å². The predicted molar refractivity (Wildman–Crippen MR) is 85.7 cm³/mol. The third kappa shape index (κ3) is 3.30. The van der Waals surface area contributed by atoms with Crippen LogP contribution in [0.5, 0.6) is 0 Å². The first kappa shape index (κ1) is 15.0. The highest BCUT2D eigenvalue weighted by molar-refractivity contribution is 5.78. The summed E-state index contributed by atoms with van der Waals surface area (Å²) >= 11 is 0. The zero-order chi connectivity index (χ0) is 15.4. The summed E-state index contributed by atoms with van der Waals surface area (Å²) in [6.45, 7) is 5.09. The molecule has 2 aromatic rings. The fraction of sp³-hybridized carbons (Fsp3) is 0.529. The number of nitrogens with zero attached hydrogens (tertiary/aromatic N) is 2. The molecule has 0 spiro atoms. The summed E-state index contributed by atoms with van der Waals surface area (Å²) in [5, 5.41) is 3.02. The minimum absolute atomic E-state index is 0.103. The van der Waals surface area contributed by atoms with Gasteiger partial charge in [-0.1, -0.05) is 19.1 Å². The number of benzene rings is 1. The first-order valence-corrected chi connectivity index (χ1v) is 8.06. The molecule has 1 aliphatic heterocycles. The number of aromatic nitrogens is 2. The van der Waals surface area contributed by atoms with Crippen LogP contribution in [0.3, 0.4) is 0 Å². The van der Waals surface area contributed by atoms with Crippen molar-refractivity contribution >= 4 is 16.9 Å². The van der Waals surface area contributed by atoms with Crippen molar-refractivity contribution in [2.75, 3.05) is 19.8 Å². The molecule has 1 atom stereocenters. The number of rotatable bonds is 6. The quantitative estimate of drug-likeness (QED) is 0.889. The lowest BCUT2D eigenvalue weighted by Crippen LogP contribution is -2.30. The van der Waals surface area contributed by atoms with Crippen molar-refractivity contribution in [2.45, 2.75) is 32.7 Å². The number of carbonyl (C=O) groups excluding carboxylic acids is 1. The summed E-state index contributed by atoms with van der Waals surface area (Å²) in [5.74, 6) is 1.62. The third-order valence-electron chi connectivity index (χ3n) is 4.22. The minimum Gasteiger partial charge on any atom is -0.381 e. The van der Waals surface area contributed by atoms with Crippen molar-refractivity contribution in [1.82, 2.24) is 14.9 Å². The number of carbonyl (C=O) groups is 1. The van der Waals surface area contributed by atoms with Gasteiger partial charge in [-0.15, -0.1) is 0 Å². The van der Waals surface area contributed by atoms with Gasteiger partial charge in [-0.2, -0.15) is 0 Å². The van der Waals surface area contributed by atoms with E-state index in [0.29, 0.717) is 18.9 Å². The SMILES string of the molecule is CCc1nc2ccccc2n1CCC(=O)NC[C@H]1CCOC1. The zero-order valence-electron chi connectivity index (χ0n) is 13.0. The van der Waals surface area contributed by atoms with Gasteiger partial charge in [-0.25, -0.2) is 4.98 Å². The lowest BCUT2D eigenvalue weighted by molar-refractivity contribution is -0.121. The second kappa shape index (κ2) is 6.92. The van der Waals surface area contributed by atoms with Crippen LogP contribution in [0.4, 0.5) is 0 Å². The maximum atomic E-state index is 12.0. The molecule has 1 fully saturated rings. The van der Waals surface area contributed by atoms with E-state index in [-0.39, 0.29) is 5.91 Å². The second-order valence-electron chi connectivity index (χ2n) is 5.81. The molecule has 1 saturated heterocycles. The summed E-state index contributed by atoms with van der Waals surface area (Å²) < 4.78 is 7.48. The van der Waals surface area contributed by atoms with E-state index >= 15 is 0 Å². The number of ether oxygens (including phenoxy) is 1. The molecule has 2 heterocycles. The molecule has 5 heteroatoms. The van der Waals surface area contributed by atoms with Crippen LogP contribution in [0.25, 0.3) is 11.0 Å². The van der Waals surface area contributed by atoms with Gasteiger partial charge in [0, 0.05) is 38.5 Å². The zero-order valence-corrected chi connectivity index (χ0v) is 13.0. The van der Waals surface area contributed by atoms with Crippen molar-refractivity contribution in [3.8, 4) is 0 Å². The number of amides is 1. The fourth-order valence-corrected chi connectivity index (χ4v) is 2.95. The first-order chi connectivity index (χ1) is 10.8. The molecule has 1 amide bonds. The number of hydrogen-bond acceptors (Lipinski definition) is 3. The number of aryl methyl sites for hydroxylation is 2. The highest BCUT2D eigenvalue weighted by atomic mass is 16.5. The van der Waals surface area contributed by atoms with Crippen LogP contribution in [0.15, 0.2) is 24.3 Å². The normalized spacial score (nSPS) is 18.0. The molecule has 1 aromatic heterocycles.